The normalized spacial score (nSPS) is 19.3. The average molecular weight is 576 g/mol. The quantitative estimate of drug-likeness (QED) is 0.248. The van der Waals surface area contributed by atoms with Gasteiger partial charge in [-0.25, -0.2) is 8.78 Å². The van der Waals surface area contributed by atoms with Gasteiger partial charge in [0.2, 0.25) is 0 Å². The lowest BCUT2D eigenvalue weighted by molar-refractivity contribution is -0.194. The van der Waals surface area contributed by atoms with Crippen LogP contribution in [0.5, 0.6) is 0 Å². The number of hydrogen-bond acceptors (Lipinski definition) is 0. The molecular weight excluding hydrogens is 576 g/mol. The molecule has 0 heterocycles. The predicted molar refractivity (Wildman–Crippen MR) is 63.5 cm³/mol. The summed E-state index contributed by atoms with van der Waals surface area (Å²) in [6.07, 6.45) is 0. The van der Waals surface area contributed by atoms with E-state index < -0.39 is 17.0 Å². The topological polar surface area (TPSA) is 0 Å². The Labute approximate surface area is 119 Å². The van der Waals surface area contributed by atoms with Crippen LogP contribution in [-0.4, -0.2) is 17.0 Å². The summed E-state index contributed by atoms with van der Waals surface area (Å²) in [7, 11) is 0. The summed E-state index contributed by atoms with van der Waals surface area (Å²) in [6, 6.07) is 0. The lowest BCUT2D eigenvalue weighted by atomic mass is 10.2. The highest BCUT2D eigenvalue weighted by Gasteiger charge is 2.75. The van der Waals surface area contributed by atoms with Gasteiger partial charge in [-0.3, -0.25) is 0 Å². The molecule has 1 unspecified atom stereocenters. The van der Waals surface area contributed by atoms with Crippen LogP contribution in [-0.2, 0) is 0 Å². The molecule has 10 heteroatoms. The molecule has 0 spiro atoms. The maximum Gasteiger partial charge on any atom is 0.366 e. The molecule has 0 aliphatic rings. The molecule has 0 radical (unpaired) electrons. The Balaban J connectivity index is 5.30. The van der Waals surface area contributed by atoms with Gasteiger partial charge < -0.3 is 0 Å². The molecule has 0 aromatic rings. The molecule has 0 amide bonds. The van der Waals surface area contributed by atoms with E-state index in [1.54, 1.807) is 0 Å². The fourth-order valence-electron chi connectivity index (χ4n) is 0.356. The fourth-order valence-corrected chi connectivity index (χ4v) is 2.08. The molecule has 0 aliphatic heterocycles. The van der Waals surface area contributed by atoms with Crippen LogP contribution in [0.25, 0.3) is 0 Å². The van der Waals surface area contributed by atoms with Gasteiger partial charge in [0.1, 0.15) is 0 Å². The zero-order valence-corrected chi connectivity index (χ0v) is 13.3. The van der Waals surface area contributed by atoms with Crippen LogP contribution in [0.3, 0.4) is 0 Å². The van der Waals surface area contributed by atoms with Gasteiger partial charge in [0.05, 0.1) is 0 Å². The molecule has 0 fully saturated rings. The van der Waals surface area contributed by atoms with Crippen LogP contribution in [0.15, 0.2) is 0 Å². The van der Waals surface area contributed by atoms with Gasteiger partial charge in [0.25, 0.3) is 7.16 Å². The van der Waals surface area contributed by atoms with Crippen LogP contribution >= 0.6 is 77.0 Å². The van der Waals surface area contributed by atoms with Crippen molar-refractivity contribution in [3.63, 3.8) is 0 Å². The summed E-state index contributed by atoms with van der Waals surface area (Å²) >= 11 is 4.09. The second-order valence-electron chi connectivity index (χ2n) is 2.14. The summed E-state index contributed by atoms with van der Waals surface area (Å²) in [6.45, 7) is 0. The lowest BCUT2D eigenvalue weighted by Gasteiger charge is -2.35. The highest BCUT2D eigenvalue weighted by Crippen LogP contribution is 2.60. The van der Waals surface area contributed by atoms with Crippen molar-refractivity contribution >= 4 is 77.0 Å². The van der Waals surface area contributed by atoms with Gasteiger partial charge in [0.15, 0.2) is 0 Å². The van der Waals surface area contributed by atoms with Gasteiger partial charge in [-0.1, -0.05) is 0 Å². The Bertz CT molecular complexity index is 195. The minimum absolute atomic E-state index is 0.0481. The molecule has 0 nitrogen and oxygen atoms in total. The third-order valence-corrected chi connectivity index (χ3v) is 5.78. The molecule has 14 heavy (non-hydrogen) atoms. The molecular formula is C4Br2F6I2. The summed E-state index contributed by atoms with van der Waals surface area (Å²) in [5.41, 5.74) is 0. The predicted octanol–water partition coefficient (Wildman–Crippen LogP) is 5.16. The molecule has 0 aromatic carbocycles. The Morgan fingerprint density at radius 2 is 1.07 bits per heavy atom. The second-order valence-corrected chi connectivity index (χ2v) is 8.24. The summed E-state index contributed by atoms with van der Waals surface area (Å²) in [4.78, 5) is 0. The first-order valence-corrected chi connectivity index (χ1v) is 6.38. The second kappa shape index (κ2) is 4.35. The Hall–Kier alpha value is 2.00. The molecule has 0 aliphatic carbocycles. The maximum atomic E-state index is 13.2. The van der Waals surface area contributed by atoms with E-state index in [9.17, 15) is 26.3 Å². The Kier molecular flexibility index (Phi) is 4.97. The summed E-state index contributed by atoms with van der Waals surface area (Å²) in [5.74, 6) is -5.18. The standard InChI is InChI=1S/C4Br2F6I2/c5-3(6,10)2(9,13)1(7,8)4(11,12)14. The first-order valence-electron chi connectivity index (χ1n) is 2.64. The van der Waals surface area contributed by atoms with Crippen LogP contribution in [0.1, 0.15) is 0 Å². The van der Waals surface area contributed by atoms with Crippen LogP contribution in [0.2, 0.25) is 0 Å². The Morgan fingerprint density at radius 3 is 1.14 bits per heavy atom. The van der Waals surface area contributed by atoms with E-state index in [1.165, 1.54) is 0 Å². The highest BCUT2D eigenvalue weighted by atomic mass is 127. The molecule has 0 N–H and O–H groups in total. The number of rotatable bonds is 3. The average Bonchev–Trinajstić information content (AvgIpc) is 1.81. The van der Waals surface area contributed by atoms with Gasteiger partial charge in [0, 0.05) is 22.6 Å². The van der Waals surface area contributed by atoms with Crippen molar-refractivity contribution in [3.8, 4) is 0 Å². The van der Waals surface area contributed by atoms with E-state index in [1.807, 2.05) is 31.9 Å². The van der Waals surface area contributed by atoms with Crippen LogP contribution in [0, 0.1) is 0 Å². The lowest BCUT2D eigenvalue weighted by Crippen LogP contribution is -2.56. The van der Waals surface area contributed by atoms with E-state index in [0.29, 0.717) is 0 Å². The molecule has 0 aromatic heterocycles. The van der Waals surface area contributed by atoms with Crippen LogP contribution in [0.4, 0.5) is 26.3 Å². The summed E-state index contributed by atoms with van der Waals surface area (Å²) < 4.78 is 63.8. The molecule has 0 rings (SSSR count). The van der Waals surface area contributed by atoms with Crippen molar-refractivity contribution in [2.75, 3.05) is 0 Å². The minimum atomic E-state index is -5.18. The van der Waals surface area contributed by atoms with E-state index in [0.717, 1.165) is 0 Å². The minimum Gasteiger partial charge on any atom is -0.220 e. The van der Waals surface area contributed by atoms with Gasteiger partial charge in [-0.2, -0.15) is 17.6 Å². The fraction of sp³-hybridized carbons (Fsp3) is 1.00. The smallest absolute Gasteiger partial charge is 0.220 e. The van der Waals surface area contributed by atoms with Crippen LogP contribution < -0.4 is 0 Å². The van der Waals surface area contributed by atoms with E-state index in [-0.39, 0.29) is 45.2 Å². The van der Waals surface area contributed by atoms with E-state index in [2.05, 4.69) is 0 Å². The SMILES string of the molecule is FC(Br)(Br)C(F)(I)C(F)(F)C(F)(F)I. The Morgan fingerprint density at radius 1 is 0.786 bits per heavy atom. The zero-order chi connectivity index (χ0) is 12.0. The van der Waals surface area contributed by atoms with Crippen molar-refractivity contribution < 1.29 is 26.3 Å². The number of hydrogen-bond donors (Lipinski definition) is 0. The first kappa shape index (κ1) is 16.0. The van der Waals surface area contributed by atoms with Crippen molar-refractivity contribution in [3.05, 3.63) is 0 Å². The molecule has 0 saturated heterocycles. The van der Waals surface area contributed by atoms with Crippen molar-refractivity contribution in [1.82, 2.24) is 0 Å². The van der Waals surface area contributed by atoms with Crippen molar-refractivity contribution in [1.29, 1.82) is 0 Å². The van der Waals surface area contributed by atoms with Gasteiger partial charge in [-0.05, 0) is 54.5 Å². The molecule has 86 valence electrons. The highest BCUT2D eigenvalue weighted by molar-refractivity contribution is 14.1. The van der Waals surface area contributed by atoms with Gasteiger partial charge in [-0.15, -0.1) is 0 Å². The third-order valence-electron chi connectivity index (χ3n) is 1.11. The molecule has 0 bridgehead atoms. The van der Waals surface area contributed by atoms with Crippen molar-refractivity contribution in [2.45, 2.75) is 17.0 Å². The first-order chi connectivity index (χ1) is 5.75. The molecule has 1 atom stereocenters. The van der Waals surface area contributed by atoms with E-state index >= 15 is 0 Å². The largest absolute Gasteiger partial charge is 0.366 e. The van der Waals surface area contributed by atoms with Crippen molar-refractivity contribution in [2.24, 2.45) is 0 Å². The monoisotopic (exact) mass is 574 g/mol. The molecule has 0 saturated carbocycles. The maximum absolute atomic E-state index is 13.2. The van der Waals surface area contributed by atoms with E-state index in [4.69, 9.17) is 0 Å². The summed E-state index contributed by atoms with van der Waals surface area (Å²) in [5, 5.41) is 0. The number of alkyl halides is 10. The number of halogens is 10. The third kappa shape index (κ3) is 2.81. The zero-order valence-electron chi connectivity index (χ0n) is 5.78. The van der Waals surface area contributed by atoms with Gasteiger partial charge >= 0.3 is 9.85 Å².